The second-order valence-electron chi connectivity index (χ2n) is 1.71. The fourth-order valence-electron chi connectivity index (χ4n) is 0.500. The maximum Gasteiger partial charge on any atom is 0.00279 e. The first-order chi connectivity index (χ1) is 2.91. The standard InChI is InChI=1S/C5H14Si.2ClH/c1-2-3-4-5-6;;/h2-5H2,1,6H3;2*1H. The number of hydrogen-bond acceptors (Lipinski definition) is 0. The monoisotopic (exact) mass is 174 g/mol. The average molecular weight is 175 g/mol. The van der Waals surface area contributed by atoms with Gasteiger partial charge in [-0.3, -0.25) is 0 Å². The first-order valence-corrected chi connectivity index (χ1v) is 4.33. The molecule has 0 aliphatic heterocycles. The minimum Gasteiger partial charge on any atom is -0.147 e. The van der Waals surface area contributed by atoms with Gasteiger partial charge in [0.05, 0.1) is 0 Å². The Morgan fingerprint density at radius 3 is 1.75 bits per heavy atom. The van der Waals surface area contributed by atoms with E-state index in [1.54, 1.807) is 0 Å². The van der Waals surface area contributed by atoms with E-state index in [-0.39, 0.29) is 24.8 Å². The van der Waals surface area contributed by atoms with E-state index in [0.717, 1.165) is 0 Å². The molecule has 0 rings (SSSR count). The molecule has 0 aromatic heterocycles. The Hall–Kier alpha value is 0.797. The van der Waals surface area contributed by atoms with Crippen LogP contribution < -0.4 is 0 Å². The minimum atomic E-state index is 0. The van der Waals surface area contributed by atoms with Crippen LogP contribution in [0.25, 0.3) is 0 Å². The third-order valence-corrected chi connectivity index (χ3v) is 1.66. The molecule has 0 saturated heterocycles. The van der Waals surface area contributed by atoms with Crippen LogP contribution in [-0.4, -0.2) is 10.2 Å². The van der Waals surface area contributed by atoms with Crippen molar-refractivity contribution in [3.63, 3.8) is 0 Å². The van der Waals surface area contributed by atoms with Gasteiger partial charge in [-0.2, -0.15) is 0 Å². The molecule has 0 bridgehead atoms. The molecule has 0 aliphatic rings. The predicted molar refractivity (Wildman–Crippen MR) is 48.8 cm³/mol. The van der Waals surface area contributed by atoms with E-state index in [9.17, 15) is 0 Å². The molecule has 0 spiro atoms. The van der Waals surface area contributed by atoms with Gasteiger partial charge >= 0.3 is 0 Å². The van der Waals surface area contributed by atoms with Crippen LogP contribution in [0.1, 0.15) is 26.2 Å². The van der Waals surface area contributed by atoms with Crippen molar-refractivity contribution < 1.29 is 0 Å². The number of hydrogen-bond donors (Lipinski definition) is 0. The van der Waals surface area contributed by atoms with Gasteiger partial charge in [0.2, 0.25) is 0 Å². The van der Waals surface area contributed by atoms with Crippen LogP contribution in [0, 0.1) is 0 Å². The smallest absolute Gasteiger partial charge is 0.00279 e. The Bertz CT molecular complexity index is 22.4. The van der Waals surface area contributed by atoms with Gasteiger partial charge in [-0.15, -0.1) is 24.8 Å². The van der Waals surface area contributed by atoms with Crippen LogP contribution in [0.5, 0.6) is 0 Å². The third-order valence-electron chi connectivity index (χ3n) is 0.957. The van der Waals surface area contributed by atoms with Gasteiger partial charge < -0.3 is 0 Å². The zero-order valence-corrected chi connectivity index (χ0v) is 9.28. The highest BCUT2D eigenvalue weighted by Crippen LogP contribution is 1.94. The van der Waals surface area contributed by atoms with E-state index >= 15 is 0 Å². The van der Waals surface area contributed by atoms with Crippen molar-refractivity contribution in [3.05, 3.63) is 0 Å². The van der Waals surface area contributed by atoms with Crippen LogP contribution in [0.4, 0.5) is 0 Å². The topological polar surface area (TPSA) is 0 Å². The summed E-state index contributed by atoms with van der Waals surface area (Å²) in [6.07, 6.45) is 4.30. The summed E-state index contributed by atoms with van der Waals surface area (Å²) in [4.78, 5) is 0. The van der Waals surface area contributed by atoms with E-state index in [2.05, 4.69) is 6.92 Å². The second kappa shape index (κ2) is 15.7. The Morgan fingerprint density at radius 1 is 1.12 bits per heavy atom. The summed E-state index contributed by atoms with van der Waals surface area (Å²) < 4.78 is 0. The SMILES string of the molecule is CCCCC[SiH3].Cl.Cl. The molecule has 0 saturated carbocycles. The van der Waals surface area contributed by atoms with Crippen LogP contribution in [0.2, 0.25) is 6.04 Å². The zero-order chi connectivity index (χ0) is 4.83. The highest BCUT2D eigenvalue weighted by atomic mass is 35.5. The molecule has 0 aromatic rings. The largest absolute Gasteiger partial charge is 0.147 e. The average Bonchev–Trinajstić information content (AvgIpc) is 1.61. The maximum absolute atomic E-state index is 2.25. The van der Waals surface area contributed by atoms with E-state index < -0.39 is 0 Å². The Balaban J connectivity index is -0.000000125. The summed E-state index contributed by atoms with van der Waals surface area (Å²) in [6.45, 7) is 2.25. The van der Waals surface area contributed by atoms with Crippen LogP contribution in [-0.2, 0) is 0 Å². The van der Waals surface area contributed by atoms with Crippen molar-refractivity contribution in [2.45, 2.75) is 32.2 Å². The fourth-order valence-corrected chi connectivity index (χ4v) is 1.000. The summed E-state index contributed by atoms with van der Waals surface area (Å²) in [7, 11) is 1.40. The molecule has 0 radical (unpaired) electrons. The summed E-state index contributed by atoms with van der Waals surface area (Å²) in [5, 5.41) is 0. The summed E-state index contributed by atoms with van der Waals surface area (Å²) in [5.74, 6) is 0. The molecule has 0 aliphatic carbocycles. The summed E-state index contributed by atoms with van der Waals surface area (Å²) in [6, 6.07) is 1.49. The Labute approximate surface area is 67.7 Å². The van der Waals surface area contributed by atoms with Crippen LogP contribution >= 0.6 is 24.8 Å². The van der Waals surface area contributed by atoms with Crippen molar-refractivity contribution >= 4 is 35.1 Å². The number of rotatable bonds is 3. The first-order valence-electron chi connectivity index (χ1n) is 2.91. The van der Waals surface area contributed by atoms with Gasteiger partial charge in [-0.05, 0) is 0 Å². The van der Waals surface area contributed by atoms with Gasteiger partial charge in [-0.25, -0.2) is 0 Å². The Morgan fingerprint density at radius 2 is 1.62 bits per heavy atom. The molecule has 0 unspecified atom stereocenters. The molecule has 0 aromatic carbocycles. The molecule has 0 fully saturated rings. The zero-order valence-electron chi connectivity index (χ0n) is 5.64. The van der Waals surface area contributed by atoms with Crippen LogP contribution in [0.15, 0.2) is 0 Å². The Kier molecular flexibility index (Phi) is 31.1. The molecule has 0 atom stereocenters. The quantitative estimate of drug-likeness (QED) is 0.453. The minimum absolute atomic E-state index is 0. The summed E-state index contributed by atoms with van der Waals surface area (Å²) in [5.41, 5.74) is 0. The van der Waals surface area contributed by atoms with Gasteiger partial charge in [-0.1, -0.05) is 32.2 Å². The van der Waals surface area contributed by atoms with Crippen molar-refractivity contribution in [2.24, 2.45) is 0 Å². The lowest BCUT2D eigenvalue weighted by Gasteiger charge is -1.86. The molecular weight excluding hydrogens is 159 g/mol. The van der Waals surface area contributed by atoms with Gasteiger partial charge in [0.15, 0.2) is 0 Å². The van der Waals surface area contributed by atoms with Gasteiger partial charge in [0.1, 0.15) is 0 Å². The molecule has 3 heteroatoms. The van der Waals surface area contributed by atoms with Gasteiger partial charge in [0.25, 0.3) is 0 Å². The third kappa shape index (κ3) is 15.8. The van der Waals surface area contributed by atoms with Gasteiger partial charge in [0, 0.05) is 10.2 Å². The highest BCUT2D eigenvalue weighted by molar-refractivity contribution is 6.08. The van der Waals surface area contributed by atoms with Crippen LogP contribution in [0.3, 0.4) is 0 Å². The normalized spacial score (nSPS) is 7.12. The molecule has 0 nitrogen and oxygen atoms in total. The van der Waals surface area contributed by atoms with Crippen molar-refractivity contribution in [2.75, 3.05) is 0 Å². The first kappa shape index (κ1) is 15.9. The number of unbranched alkanes of at least 4 members (excludes halogenated alkanes) is 2. The molecular formula is C5H16Cl2Si. The van der Waals surface area contributed by atoms with E-state index in [1.807, 2.05) is 0 Å². The lowest BCUT2D eigenvalue weighted by molar-refractivity contribution is 0.771. The molecule has 0 heterocycles. The van der Waals surface area contributed by atoms with Crippen molar-refractivity contribution in [3.8, 4) is 0 Å². The molecule has 54 valence electrons. The van der Waals surface area contributed by atoms with E-state index in [1.165, 1.54) is 35.5 Å². The molecule has 0 amide bonds. The summed E-state index contributed by atoms with van der Waals surface area (Å²) >= 11 is 0. The molecule has 8 heavy (non-hydrogen) atoms. The lowest BCUT2D eigenvalue weighted by atomic mass is 10.3. The second-order valence-corrected chi connectivity index (χ2v) is 2.71. The maximum atomic E-state index is 2.25. The molecule has 0 N–H and O–H groups in total. The van der Waals surface area contributed by atoms with Crippen molar-refractivity contribution in [1.82, 2.24) is 0 Å². The number of halogens is 2. The lowest BCUT2D eigenvalue weighted by Crippen LogP contribution is -1.69. The van der Waals surface area contributed by atoms with E-state index in [0.29, 0.717) is 0 Å². The van der Waals surface area contributed by atoms with E-state index in [4.69, 9.17) is 0 Å². The fraction of sp³-hybridized carbons (Fsp3) is 1.00. The van der Waals surface area contributed by atoms with Crippen molar-refractivity contribution in [1.29, 1.82) is 0 Å². The predicted octanol–water partition coefficient (Wildman–Crippen LogP) is 1.80. The highest BCUT2D eigenvalue weighted by Gasteiger charge is 1.75.